The summed E-state index contributed by atoms with van der Waals surface area (Å²) in [6.07, 6.45) is 2.95. The molecule has 2 aromatic rings. The second kappa shape index (κ2) is 4.65. The van der Waals surface area contributed by atoms with Gasteiger partial charge >= 0.3 is 0 Å². The lowest BCUT2D eigenvalue weighted by Crippen LogP contribution is -2.01. The Labute approximate surface area is 91.7 Å². The van der Waals surface area contributed by atoms with Crippen molar-refractivity contribution in [3.05, 3.63) is 42.6 Å². The summed E-state index contributed by atoms with van der Waals surface area (Å²) < 4.78 is 0. The van der Waals surface area contributed by atoms with Crippen molar-refractivity contribution in [3.63, 3.8) is 0 Å². The molecule has 0 amide bonds. The summed E-state index contributed by atoms with van der Waals surface area (Å²) >= 11 is 0. The van der Waals surface area contributed by atoms with Crippen LogP contribution in [0.5, 0.6) is 0 Å². The minimum absolute atomic E-state index is 0.145. The van der Waals surface area contributed by atoms with Gasteiger partial charge in [-0.1, -0.05) is 0 Å². The fraction of sp³-hybridized carbons (Fsp3) is 0.100. The first-order chi connectivity index (χ1) is 7.75. The van der Waals surface area contributed by atoms with Gasteiger partial charge in [0.1, 0.15) is 17.8 Å². The maximum absolute atomic E-state index is 8.94. The molecule has 0 fully saturated rings. The number of pyridine rings is 1. The van der Waals surface area contributed by atoms with E-state index >= 15 is 0 Å². The number of rotatable bonds is 3. The zero-order valence-corrected chi connectivity index (χ0v) is 8.28. The van der Waals surface area contributed by atoms with E-state index in [-0.39, 0.29) is 5.69 Å². The van der Waals surface area contributed by atoms with Crippen LogP contribution in [0.3, 0.4) is 0 Å². The summed E-state index contributed by atoms with van der Waals surface area (Å²) in [5.41, 5.74) is 0.957. The average molecular weight is 218 g/mol. The number of anilines is 2. The van der Waals surface area contributed by atoms with Crippen LogP contribution in [0, 0.1) is 0 Å². The van der Waals surface area contributed by atoms with Gasteiger partial charge in [-0.15, -0.1) is 0 Å². The molecule has 0 aromatic carbocycles. The second-order valence-electron chi connectivity index (χ2n) is 3.06. The van der Waals surface area contributed by atoms with E-state index in [0.29, 0.717) is 5.82 Å². The molecule has 82 valence electrons. The highest BCUT2D eigenvalue weighted by Gasteiger charge is 2.05. The molecular weight excluding hydrogens is 208 g/mol. The summed E-state index contributed by atoms with van der Waals surface area (Å²) in [6, 6.07) is 5.01. The Balaban J connectivity index is 2.19. The van der Waals surface area contributed by atoms with Crippen LogP contribution in [-0.4, -0.2) is 25.2 Å². The lowest BCUT2D eigenvalue weighted by molar-refractivity contribution is -0.0458. The van der Waals surface area contributed by atoms with Gasteiger partial charge in [0.2, 0.25) is 0 Å². The van der Waals surface area contributed by atoms with E-state index in [1.165, 1.54) is 12.4 Å². The van der Waals surface area contributed by atoms with Gasteiger partial charge in [-0.05, 0) is 12.1 Å². The molecule has 0 unspecified atom stereocenters. The van der Waals surface area contributed by atoms with Crippen LogP contribution < -0.4 is 5.32 Å². The SMILES string of the molecule is OC(O)c1cc(Nc2ccncc2)ncn1. The monoisotopic (exact) mass is 218 g/mol. The predicted octanol–water partition coefficient (Wildman–Crippen LogP) is 0.598. The molecule has 3 N–H and O–H groups in total. The zero-order chi connectivity index (χ0) is 11.4. The van der Waals surface area contributed by atoms with Crippen molar-refractivity contribution in [1.82, 2.24) is 15.0 Å². The van der Waals surface area contributed by atoms with Gasteiger partial charge in [-0.25, -0.2) is 9.97 Å². The number of nitrogens with one attached hydrogen (secondary N) is 1. The first-order valence-corrected chi connectivity index (χ1v) is 4.61. The Bertz CT molecular complexity index is 461. The number of aromatic nitrogens is 3. The third-order valence-electron chi connectivity index (χ3n) is 1.91. The Morgan fingerprint density at radius 3 is 2.56 bits per heavy atom. The minimum Gasteiger partial charge on any atom is -0.363 e. The highest BCUT2D eigenvalue weighted by Crippen LogP contribution is 2.15. The van der Waals surface area contributed by atoms with Crippen molar-refractivity contribution in [2.45, 2.75) is 6.29 Å². The van der Waals surface area contributed by atoms with Crippen molar-refractivity contribution < 1.29 is 10.2 Å². The van der Waals surface area contributed by atoms with Crippen molar-refractivity contribution in [2.24, 2.45) is 0 Å². The Kier molecular flexibility index (Phi) is 3.04. The first kappa shape index (κ1) is 10.5. The lowest BCUT2D eigenvalue weighted by Gasteiger charge is -2.07. The lowest BCUT2D eigenvalue weighted by atomic mass is 10.3. The number of aliphatic hydroxyl groups excluding tert-OH is 1. The number of nitrogens with zero attached hydrogens (tertiary/aromatic N) is 3. The highest BCUT2D eigenvalue weighted by molar-refractivity contribution is 5.54. The summed E-state index contributed by atoms with van der Waals surface area (Å²) in [6.45, 7) is 0. The van der Waals surface area contributed by atoms with E-state index in [2.05, 4.69) is 20.3 Å². The normalized spacial score (nSPS) is 10.4. The molecule has 0 saturated carbocycles. The molecule has 0 aliphatic heterocycles. The maximum Gasteiger partial charge on any atom is 0.196 e. The summed E-state index contributed by atoms with van der Waals surface area (Å²) in [7, 11) is 0. The third-order valence-corrected chi connectivity index (χ3v) is 1.91. The molecule has 0 saturated heterocycles. The standard InChI is InChI=1S/C10H10N4O2/c15-10(16)8-5-9(13-6-12-8)14-7-1-3-11-4-2-7/h1-6,10,15-16H,(H,11,12,13,14). The fourth-order valence-electron chi connectivity index (χ4n) is 1.17. The maximum atomic E-state index is 8.94. The second-order valence-corrected chi connectivity index (χ2v) is 3.06. The number of aliphatic hydroxyl groups is 2. The Morgan fingerprint density at radius 2 is 1.88 bits per heavy atom. The van der Waals surface area contributed by atoms with E-state index in [1.807, 2.05) is 0 Å². The largest absolute Gasteiger partial charge is 0.363 e. The molecule has 6 heteroatoms. The van der Waals surface area contributed by atoms with E-state index in [0.717, 1.165) is 5.69 Å². The molecule has 0 radical (unpaired) electrons. The number of hydrogen-bond acceptors (Lipinski definition) is 6. The summed E-state index contributed by atoms with van der Waals surface area (Å²) in [5.74, 6) is 0.490. The topological polar surface area (TPSA) is 91.2 Å². The third kappa shape index (κ3) is 2.50. The molecule has 16 heavy (non-hydrogen) atoms. The molecule has 0 aliphatic rings. The smallest absolute Gasteiger partial charge is 0.196 e. The van der Waals surface area contributed by atoms with Gasteiger partial charge in [0.15, 0.2) is 6.29 Å². The van der Waals surface area contributed by atoms with E-state index < -0.39 is 6.29 Å². The van der Waals surface area contributed by atoms with Crippen molar-refractivity contribution >= 4 is 11.5 Å². The van der Waals surface area contributed by atoms with Crippen LogP contribution in [0.15, 0.2) is 36.9 Å². The van der Waals surface area contributed by atoms with Crippen LogP contribution in [0.2, 0.25) is 0 Å². The van der Waals surface area contributed by atoms with Gasteiger partial charge in [0.25, 0.3) is 0 Å². The molecule has 0 spiro atoms. The van der Waals surface area contributed by atoms with Crippen molar-refractivity contribution in [1.29, 1.82) is 0 Å². The van der Waals surface area contributed by atoms with Crippen molar-refractivity contribution in [2.75, 3.05) is 5.32 Å². The van der Waals surface area contributed by atoms with Gasteiger partial charge in [0, 0.05) is 24.1 Å². The van der Waals surface area contributed by atoms with Crippen LogP contribution in [0.4, 0.5) is 11.5 Å². The van der Waals surface area contributed by atoms with E-state index in [1.54, 1.807) is 24.5 Å². The van der Waals surface area contributed by atoms with E-state index in [4.69, 9.17) is 10.2 Å². The average Bonchev–Trinajstić information content (AvgIpc) is 2.30. The molecule has 0 aliphatic carbocycles. The van der Waals surface area contributed by atoms with Gasteiger partial charge in [-0.3, -0.25) is 4.98 Å². The summed E-state index contributed by atoms with van der Waals surface area (Å²) in [5, 5.41) is 20.9. The Morgan fingerprint density at radius 1 is 1.12 bits per heavy atom. The quantitative estimate of drug-likeness (QED) is 0.653. The summed E-state index contributed by atoms with van der Waals surface area (Å²) in [4.78, 5) is 11.5. The van der Waals surface area contributed by atoms with Crippen molar-refractivity contribution in [3.8, 4) is 0 Å². The predicted molar refractivity (Wildman–Crippen MR) is 56.7 cm³/mol. The Hall–Kier alpha value is -2.05. The molecule has 0 bridgehead atoms. The molecular formula is C10H10N4O2. The van der Waals surface area contributed by atoms with Gasteiger partial charge < -0.3 is 15.5 Å². The van der Waals surface area contributed by atoms with Crippen LogP contribution in [0.25, 0.3) is 0 Å². The molecule has 6 nitrogen and oxygen atoms in total. The first-order valence-electron chi connectivity index (χ1n) is 4.61. The van der Waals surface area contributed by atoms with Crippen LogP contribution in [0.1, 0.15) is 12.0 Å². The van der Waals surface area contributed by atoms with Crippen LogP contribution in [-0.2, 0) is 0 Å². The van der Waals surface area contributed by atoms with Crippen LogP contribution >= 0.6 is 0 Å². The fourth-order valence-corrected chi connectivity index (χ4v) is 1.17. The highest BCUT2D eigenvalue weighted by atomic mass is 16.5. The minimum atomic E-state index is -1.60. The van der Waals surface area contributed by atoms with E-state index in [9.17, 15) is 0 Å². The molecule has 2 rings (SSSR count). The molecule has 0 atom stereocenters. The van der Waals surface area contributed by atoms with Gasteiger partial charge in [-0.2, -0.15) is 0 Å². The molecule has 2 heterocycles. The van der Waals surface area contributed by atoms with Gasteiger partial charge in [0.05, 0.1) is 0 Å². The number of hydrogen-bond donors (Lipinski definition) is 3. The molecule has 2 aromatic heterocycles. The zero-order valence-electron chi connectivity index (χ0n) is 8.28.